The lowest BCUT2D eigenvalue weighted by atomic mass is 10.1. The number of hydrogen-bond donors (Lipinski definition) is 2. The quantitative estimate of drug-likeness (QED) is 0.834. The lowest BCUT2D eigenvalue weighted by Gasteiger charge is -2.11. The highest BCUT2D eigenvalue weighted by atomic mass is 35.5. The summed E-state index contributed by atoms with van der Waals surface area (Å²) >= 11 is 0. The Morgan fingerprint density at radius 1 is 1.35 bits per heavy atom. The van der Waals surface area contributed by atoms with Crippen molar-refractivity contribution in [2.24, 2.45) is 5.73 Å². The van der Waals surface area contributed by atoms with Crippen LogP contribution in [0.2, 0.25) is 0 Å². The first kappa shape index (κ1) is 15.7. The fourth-order valence-corrected chi connectivity index (χ4v) is 1.43. The van der Waals surface area contributed by atoms with E-state index in [1.54, 1.807) is 0 Å². The molecule has 0 aliphatic heterocycles. The first-order chi connectivity index (χ1) is 7.65. The Bertz CT molecular complexity index is 349. The van der Waals surface area contributed by atoms with E-state index in [0.29, 0.717) is 13.1 Å². The van der Waals surface area contributed by atoms with Crippen LogP contribution in [0.3, 0.4) is 0 Å². The van der Waals surface area contributed by atoms with E-state index in [4.69, 9.17) is 10.5 Å². The summed E-state index contributed by atoms with van der Waals surface area (Å²) in [5, 5.41) is 2.65. The summed E-state index contributed by atoms with van der Waals surface area (Å²) in [4.78, 5) is 11.3. The molecule has 0 unspecified atom stereocenters. The molecular formula is C12H19ClN2O2. The monoisotopic (exact) mass is 258 g/mol. The molecule has 17 heavy (non-hydrogen) atoms. The topological polar surface area (TPSA) is 64.3 Å². The molecule has 1 aromatic rings. The van der Waals surface area contributed by atoms with Crippen LogP contribution in [0.15, 0.2) is 18.2 Å². The minimum absolute atomic E-state index is 0. The summed E-state index contributed by atoms with van der Waals surface area (Å²) in [6, 6.07) is 5.88. The summed E-state index contributed by atoms with van der Waals surface area (Å²) in [5.41, 5.74) is 7.34. The van der Waals surface area contributed by atoms with Crippen molar-refractivity contribution < 1.29 is 9.53 Å². The number of ether oxygens (including phenoxy) is 1. The molecule has 3 N–H and O–H groups in total. The van der Waals surface area contributed by atoms with E-state index in [1.807, 2.05) is 32.0 Å². The molecule has 0 aliphatic rings. The Morgan fingerprint density at radius 3 is 2.47 bits per heavy atom. The SMILES string of the molecule is Cc1cccc(C)c1OCC(=O)NCCN.Cl. The maximum atomic E-state index is 11.3. The molecule has 0 aliphatic carbocycles. The molecular weight excluding hydrogens is 240 g/mol. The van der Waals surface area contributed by atoms with Crippen LogP contribution in [0.4, 0.5) is 0 Å². The zero-order valence-electron chi connectivity index (χ0n) is 10.2. The number of halogens is 1. The van der Waals surface area contributed by atoms with Gasteiger partial charge in [0.1, 0.15) is 5.75 Å². The molecule has 0 saturated carbocycles. The van der Waals surface area contributed by atoms with Gasteiger partial charge < -0.3 is 15.8 Å². The van der Waals surface area contributed by atoms with Gasteiger partial charge in [-0.15, -0.1) is 12.4 Å². The summed E-state index contributed by atoms with van der Waals surface area (Å²) in [6.45, 7) is 4.87. The zero-order chi connectivity index (χ0) is 12.0. The largest absolute Gasteiger partial charge is 0.483 e. The highest BCUT2D eigenvalue weighted by Gasteiger charge is 2.06. The number of nitrogens with one attached hydrogen (secondary N) is 1. The number of aryl methyl sites for hydroxylation is 2. The number of nitrogens with two attached hydrogens (primary N) is 1. The minimum Gasteiger partial charge on any atom is -0.483 e. The second-order valence-electron chi connectivity index (χ2n) is 3.65. The molecule has 0 atom stereocenters. The van der Waals surface area contributed by atoms with Gasteiger partial charge in [0.15, 0.2) is 6.61 Å². The van der Waals surface area contributed by atoms with Gasteiger partial charge in [0.05, 0.1) is 0 Å². The molecule has 0 radical (unpaired) electrons. The van der Waals surface area contributed by atoms with Gasteiger partial charge in [-0.05, 0) is 25.0 Å². The van der Waals surface area contributed by atoms with Gasteiger partial charge in [-0.1, -0.05) is 18.2 Å². The van der Waals surface area contributed by atoms with Crippen LogP contribution in [0.5, 0.6) is 5.75 Å². The average Bonchev–Trinajstić information content (AvgIpc) is 2.25. The van der Waals surface area contributed by atoms with Crippen LogP contribution in [-0.2, 0) is 4.79 Å². The highest BCUT2D eigenvalue weighted by Crippen LogP contribution is 2.21. The first-order valence-electron chi connectivity index (χ1n) is 5.31. The van der Waals surface area contributed by atoms with Crippen molar-refractivity contribution in [3.63, 3.8) is 0 Å². The van der Waals surface area contributed by atoms with E-state index < -0.39 is 0 Å². The Kier molecular flexibility index (Phi) is 7.34. The van der Waals surface area contributed by atoms with E-state index in [-0.39, 0.29) is 24.9 Å². The van der Waals surface area contributed by atoms with Crippen molar-refractivity contribution in [1.29, 1.82) is 0 Å². The van der Waals surface area contributed by atoms with E-state index in [2.05, 4.69) is 5.32 Å². The Labute approximate surface area is 108 Å². The minimum atomic E-state index is -0.145. The van der Waals surface area contributed by atoms with E-state index >= 15 is 0 Å². The summed E-state index contributed by atoms with van der Waals surface area (Å²) in [7, 11) is 0. The number of benzene rings is 1. The number of carbonyl (C=O) groups is 1. The normalized spacial score (nSPS) is 9.35. The van der Waals surface area contributed by atoms with Crippen molar-refractivity contribution in [2.45, 2.75) is 13.8 Å². The van der Waals surface area contributed by atoms with Crippen molar-refractivity contribution in [2.75, 3.05) is 19.7 Å². The third kappa shape index (κ3) is 5.06. The predicted molar refractivity (Wildman–Crippen MR) is 70.7 cm³/mol. The molecule has 1 aromatic carbocycles. The molecule has 0 aromatic heterocycles. The molecule has 4 nitrogen and oxygen atoms in total. The zero-order valence-corrected chi connectivity index (χ0v) is 11.0. The van der Waals surface area contributed by atoms with Crippen LogP contribution in [0.1, 0.15) is 11.1 Å². The standard InChI is InChI=1S/C12H18N2O2.ClH/c1-9-4-3-5-10(2)12(9)16-8-11(15)14-7-6-13;/h3-5H,6-8,13H2,1-2H3,(H,14,15);1H. The molecule has 1 amide bonds. The second kappa shape index (κ2) is 7.92. The lowest BCUT2D eigenvalue weighted by Crippen LogP contribution is -2.33. The van der Waals surface area contributed by atoms with Gasteiger partial charge in [-0.2, -0.15) is 0 Å². The maximum Gasteiger partial charge on any atom is 0.257 e. The highest BCUT2D eigenvalue weighted by molar-refractivity contribution is 5.85. The molecule has 0 heterocycles. The van der Waals surface area contributed by atoms with E-state index in [1.165, 1.54) is 0 Å². The lowest BCUT2D eigenvalue weighted by molar-refractivity contribution is -0.123. The van der Waals surface area contributed by atoms with Crippen LogP contribution >= 0.6 is 12.4 Å². The summed E-state index contributed by atoms with van der Waals surface area (Å²) in [6.07, 6.45) is 0. The molecule has 0 bridgehead atoms. The van der Waals surface area contributed by atoms with Crippen molar-refractivity contribution in [3.05, 3.63) is 29.3 Å². The third-order valence-corrected chi connectivity index (χ3v) is 2.22. The summed E-state index contributed by atoms with van der Waals surface area (Å²) in [5.74, 6) is 0.638. The van der Waals surface area contributed by atoms with E-state index in [0.717, 1.165) is 16.9 Å². The van der Waals surface area contributed by atoms with Gasteiger partial charge in [0, 0.05) is 13.1 Å². The second-order valence-corrected chi connectivity index (χ2v) is 3.65. The van der Waals surface area contributed by atoms with Crippen molar-refractivity contribution in [1.82, 2.24) is 5.32 Å². The molecule has 96 valence electrons. The molecule has 0 spiro atoms. The molecule has 5 heteroatoms. The van der Waals surface area contributed by atoms with Gasteiger partial charge in [0.2, 0.25) is 0 Å². The van der Waals surface area contributed by atoms with Crippen LogP contribution in [0, 0.1) is 13.8 Å². The Balaban J connectivity index is 0.00000256. The number of amides is 1. The van der Waals surface area contributed by atoms with Crippen LogP contribution in [-0.4, -0.2) is 25.6 Å². The Morgan fingerprint density at radius 2 is 1.94 bits per heavy atom. The number of rotatable bonds is 5. The first-order valence-corrected chi connectivity index (χ1v) is 5.31. The van der Waals surface area contributed by atoms with Gasteiger partial charge in [-0.3, -0.25) is 4.79 Å². The maximum absolute atomic E-state index is 11.3. The fourth-order valence-electron chi connectivity index (χ4n) is 1.43. The van der Waals surface area contributed by atoms with Gasteiger partial charge >= 0.3 is 0 Å². The predicted octanol–water partition coefficient (Wildman–Crippen LogP) is 1.18. The van der Waals surface area contributed by atoms with Gasteiger partial charge in [-0.25, -0.2) is 0 Å². The molecule has 1 rings (SSSR count). The number of carbonyl (C=O) groups excluding carboxylic acids is 1. The average molecular weight is 259 g/mol. The van der Waals surface area contributed by atoms with Crippen LogP contribution < -0.4 is 15.8 Å². The van der Waals surface area contributed by atoms with Crippen molar-refractivity contribution >= 4 is 18.3 Å². The van der Waals surface area contributed by atoms with Gasteiger partial charge in [0.25, 0.3) is 5.91 Å². The Hall–Kier alpha value is -1.26. The van der Waals surface area contributed by atoms with E-state index in [9.17, 15) is 4.79 Å². The summed E-state index contributed by atoms with van der Waals surface area (Å²) < 4.78 is 5.47. The third-order valence-electron chi connectivity index (χ3n) is 2.22. The van der Waals surface area contributed by atoms with Crippen LogP contribution in [0.25, 0.3) is 0 Å². The fraction of sp³-hybridized carbons (Fsp3) is 0.417. The van der Waals surface area contributed by atoms with Crippen molar-refractivity contribution in [3.8, 4) is 5.75 Å². The molecule has 0 fully saturated rings. The molecule has 0 saturated heterocycles. The number of hydrogen-bond acceptors (Lipinski definition) is 3. The smallest absolute Gasteiger partial charge is 0.257 e. The number of para-hydroxylation sites is 1.